The van der Waals surface area contributed by atoms with E-state index in [1.807, 2.05) is 0 Å². The van der Waals surface area contributed by atoms with Gasteiger partial charge in [0, 0.05) is 19.1 Å². The molecule has 0 unspecified atom stereocenters. The van der Waals surface area contributed by atoms with E-state index in [4.69, 9.17) is 10.2 Å². The zero-order chi connectivity index (χ0) is 10.7. The highest BCUT2D eigenvalue weighted by Gasteiger charge is 1.89. The molecule has 4 N–H and O–H groups in total. The van der Waals surface area contributed by atoms with Crippen LogP contribution in [0, 0.1) is 0 Å². The molecule has 0 aromatic rings. The second kappa shape index (κ2) is 10.4. The number of aliphatic hydroxyl groups is 1. The van der Waals surface area contributed by atoms with E-state index in [0.29, 0.717) is 6.42 Å². The third-order valence-electron chi connectivity index (χ3n) is 0.721. The van der Waals surface area contributed by atoms with Gasteiger partial charge in [0.05, 0.1) is 6.61 Å². The first-order chi connectivity index (χ1) is 6.04. The molecule has 0 radical (unpaired) electrons. The molecule has 1 amide bonds. The van der Waals surface area contributed by atoms with E-state index in [0.717, 1.165) is 6.08 Å². The van der Waals surface area contributed by atoms with Crippen molar-refractivity contribution in [1.29, 1.82) is 0 Å². The Morgan fingerprint density at radius 3 is 2.23 bits per heavy atom. The van der Waals surface area contributed by atoms with Crippen LogP contribution in [0.3, 0.4) is 0 Å². The molecule has 6 nitrogen and oxygen atoms in total. The Morgan fingerprint density at radius 1 is 1.54 bits per heavy atom. The topological polar surface area (TPSA) is 110 Å². The van der Waals surface area contributed by atoms with Crippen LogP contribution in [-0.2, 0) is 9.53 Å². The minimum atomic E-state index is -0.981. The smallest absolute Gasteiger partial charge is 0.404 e. The third-order valence-corrected chi connectivity index (χ3v) is 0.721. The number of rotatable bonds is 4. The Labute approximate surface area is 75.6 Å². The summed E-state index contributed by atoms with van der Waals surface area (Å²) in [4.78, 5) is 19.0. The molecule has 0 aromatic heterocycles. The highest BCUT2D eigenvalue weighted by atomic mass is 16.5. The van der Waals surface area contributed by atoms with Crippen LogP contribution < -0.4 is 5.73 Å². The number of amides is 1. The number of aliphatic carboxylic acids is 1. The van der Waals surface area contributed by atoms with E-state index in [-0.39, 0.29) is 13.2 Å². The number of carboxylic acids is 1. The number of carbonyl (C=O) groups is 2. The van der Waals surface area contributed by atoms with Crippen molar-refractivity contribution in [2.45, 2.75) is 6.42 Å². The molecule has 13 heavy (non-hydrogen) atoms. The Kier molecular flexibility index (Phi) is 11.2. The molecule has 6 heteroatoms. The molecule has 0 fully saturated rings. The number of aliphatic hydroxyl groups excluding tert-OH is 1. The van der Waals surface area contributed by atoms with E-state index in [2.05, 4.69) is 17.0 Å². The van der Waals surface area contributed by atoms with Gasteiger partial charge in [0.15, 0.2) is 0 Å². The van der Waals surface area contributed by atoms with Crippen molar-refractivity contribution >= 4 is 12.1 Å². The number of carbonyl (C=O) groups excluding carboxylic acids is 1. The number of hydrogen-bond donors (Lipinski definition) is 3. The van der Waals surface area contributed by atoms with Gasteiger partial charge in [-0.25, -0.2) is 9.59 Å². The highest BCUT2D eigenvalue weighted by Crippen LogP contribution is 1.78. The molecule has 0 saturated carbocycles. The lowest BCUT2D eigenvalue weighted by Gasteiger charge is -1.95. The van der Waals surface area contributed by atoms with E-state index in [1.54, 1.807) is 0 Å². The first-order valence-corrected chi connectivity index (χ1v) is 3.43. The molecular weight excluding hydrogens is 178 g/mol. The molecule has 0 bridgehead atoms. The van der Waals surface area contributed by atoms with Gasteiger partial charge in [0.1, 0.15) is 0 Å². The lowest BCUT2D eigenvalue weighted by atomic mass is 10.5. The zero-order valence-corrected chi connectivity index (χ0v) is 7.10. The van der Waals surface area contributed by atoms with Crippen LogP contribution in [0.25, 0.3) is 0 Å². The molecule has 0 aromatic carbocycles. The summed E-state index contributed by atoms with van der Waals surface area (Å²) in [6, 6.07) is 0. The van der Waals surface area contributed by atoms with Crippen LogP contribution in [0.5, 0.6) is 0 Å². The normalized spacial score (nSPS) is 7.77. The Morgan fingerprint density at radius 2 is 2.00 bits per heavy atom. The fraction of sp³-hybridized carbons (Fsp3) is 0.429. The Balaban J connectivity index is 0. The van der Waals surface area contributed by atoms with Gasteiger partial charge in [-0.1, -0.05) is 6.58 Å². The minimum Gasteiger partial charge on any atom is -0.478 e. The van der Waals surface area contributed by atoms with Crippen molar-refractivity contribution in [2.24, 2.45) is 5.73 Å². The van der Waals surface area contributed by atoms with E-state index in [9.17, 15) is 9.59 Å². The van der Waals surface area contributed by atoms with E-state index < -0.39 is 12.1 Å². The van der Waals surface area contributed by atoms with Gasteiger partial charge in [0.2, 0.25) is 0 Å². The summed E-state index contributed by atoms with van der Waals surface area (Å²) < 4.78 is 4.26. The van der Waals surface area contributed by atoms with Gasteiger partial charge in [-0.2, -0.15) is 0 Å². The van der Waals surface area contributed by atoms with Gasteiger partial charge in [0.25, 0.3) is 0 Å². The van der Waals surface area contributed by atoms with Crippen molar-refractivity contribution < 1.29 is 24.5 Å². The van der Waals surface area contributed by atoms with Crippen LogP contribution >= 0.6 is 0 Å². The number of hydrogen-bond acceptors (Lipinski definition) is 4. The van der Waals surface area contributed by atoms with Crippen LogP contribution in [0.15, 0.2) is 12.7 Å². The summed E-state index contributed by atoms with van der Waals surface area (Å²) >= 11 is 0. The molecule has 0 aliphatic rings. The maximum Gasteiger partial charge on any atom is 0.404 e. The Bertz CT molecular complexity index is 168. The summed E-state index contributed by atoms with van der Waals surface area (Å²) in [5.74, 6) is -0.981. The molecule has 0 heterocycles. The standard InChI is InChI=1S/C4H9NO3.C3H4O2/c5-4(7)8-3-1-2-6;1-2-3(4)5/h6H,1-3H2,(H2,5,7);2H,1H2,(H,4,5). The molecular formula is C7H13NO5. The van der Waals surface area contributed by atoms with Gasteiger partial charge in [-0.05, 0) is 0 Å². The largest absolute Gasteiger partial charge is 0.478 e. The number of carboxylic acid groups (broad SMARTS) is 1. The van der Waals surface area contributed by atoms with Gasteiger partial charge in [-0.15, -0.1) is 0 Å². The molecule has 0 aliphatic carbocycles. The van der Waals surface area contributed by atoms with Crippen molar-refractivity contribution in [3.63, 3.8) is 0 Å². The summed E-state index contributed by atoms with van der Waals surface area (Å²) in [5.41, 5.74) is 4.59. The number of primary amides is 1. The first kappa shape index (κ1) is 14.0. The van der Waals surface area contributed by atoms with Gasteiger partial charge < -0.3 is 20.7 Å². The first-order valence-electron chi connectivity index (χ1n) is 3.43. The summed E-state index contributed by atoms with van der Waals surface area (Å²) in [6.45, 7) is 3.18. The molecule has 0 atom stereocenters. The van der Waals surface area contributed by atoms with Crippen LogP contribution in [0.2, 0.25) is 0 Å². The fourth-order valence-corrected chi connectivity index (χ4v) is 0.237. The summed E-state index contributed by atoms with van der Waals surface area (Å²) in [6.07, 6.45) is 0.488. The minimum absolute atomic E-state index is 0.0211. The molecule has 0 aliphatic heterocycles. The number of nitrogens with two attached hydrogens (primary N) is 1. The van der Waals surface area contributed by atoms with Crippen molar-refractivity contribution in [3.05, 3.63) is 12.7 Å². The predicted octanol–water partition coefficient (Wildman–Crippen LogP) is -0.279. The fourth-order valence-electron chi connectivity index (χ4n) is 0.237. The quantitative estimate of drug-likeness (QED) is 0.418. The second-order valence-electron chi connectivity index (χ2n) is 1.79. The van der Waals surface area contributed by atoms with Crippen LogP contribution in [-0.4, -0.2) is 35.5 Å². The second-order valence-corrected chi connectivity index (χ2v) is 1.79. The lowest BCUT2D eigenvalue weighted by molar-refractivity contribution is -0.131. The Hall–Kier alpha value is -1.56. The summed E-state index contributed by atoms with van der Waals surface area (Å²) in [5, 5.41) is 15.8. The average molecular weight is 191 g/mol. The van der Waals surface area contributed by atoms with E-state index in [1.165, 1.54) is 0 Å². The highest BCUT2D eigenvalue weighted by molar-refractivity contribution is 5.78. The molecule has 0 rings (SSSR count). The van der Waals surface area contributed by atoms with E-state index >= 15 is 0 Å². The summed E-state index contributed by atoms with van der Waals surface area (Å²) in [7, 11) is 0. The molecule has 76 valence electrons. The van der Waals surface area contributed by atoms with Crippen molar-refractivity contribution in [3.8, 4) is 0 Å². The van der Waals surface area contributed by atoms with Crippen molar-refractivity contribution in [2.75, 3.05) is 13.2 Å². The molecule has 0 saturated heterocycles. The van der Waals surface area contributed by atoms with Crippen LogP contribution in [0.4, 0.5) is 4.79 Å². The van der Waals surface area contributed by atoms with Gasteiger partial charge >= 0.3 is 12.1 Å². The van der Waals surface area contributed by atoms with Crippen molar-refractivity contribution in [1.82, 2.24) is 0 Å². The van der Waals surface area contributed by atoms with Crippen LogP contribution in [0.1, 0.15) is 6.42 Å². The maximum absolute atomic E-state index is 9.79. The average Bonchev–Trinajstić information content (AvgIpc) is 2.05. The monoisotopic (exact) mass is 191 g/mol. The maximum atomic E-state index is 9.79. The lowest BCUT2D eigenvalue weighted by Crippen LogP contribution is -2.14. The zero-order valence-electron chi connectivity index (χ0n) is 7.10. The predicted molar refractivity (Wildman–Crippen MR) is 45.1 cm³/mol. The third kappa shape index (κ3) is 25.1. The molecule has 0 spiro atoms. The van der Waals surface area contributed by atoms with Gasteiger partial charge in [-0.3, -0.25) is 0 Å². The number of ether oxygens (including phenoxy) is 1. The SMILES string of the molecule is C=CC(=O)O.NC(=O)OCCCO.